The largest absolute Gasteiger partial charge is 0.481 e. The molecule has 4 aromatic rings. The van der Waals surface area contributed by atoms with Gasteiger partial charge in [-0.1, -0.05) is 25.3 Å². The van der Waals surface area contributed by atoms with Crippen LogP contribution in [0.15, 0.2) is 43.6 Å². The van der Waals surface area contributed by atoms with Crippen LogP contribution in [-0.2, 0) is 9.53 Å². The number of hydrogen-bond acceptors (Lipinski definition) is 9. The summed E-state index contributed by atoms with van der Waals surface area (Å²) >= 11 is 0. The van der Waals surface area contributed by atoms with Crippen molar-refractivity contribution in [2.24, 2.45) is 5.41 Å². The average molecular weight is 705 g/mol. The van der Waals surface area contributed by atoms with Gasteiger partial charge >= 0.3 is 6.18 Å². The highest BCUT2D eigenvalue weighted by molar-refractivity contribution is 6.07. The number of aromatic nitrogens is 4. The van der Waals surface area contributed by atoms with Crippen LogP contribution in [0.3, 0.4) is 0 Å². The number of piperazine rings is 1. The molecule has 51 heavy (non-hydrogen) atoms. The van der Waals surface area contributed by atoms with Crippen molar-refractivity contribution >= 4 is 45.6 Å². The number of anilines is 2. The molecule has 0 radical (unpaired) electrons. The van der Waals surface area contributed by atoms with Crippen LogP contribution < -0.4 is 14.5 Å². The van der Waals surface area contributed by atoms with Crippen LogP contribution in [-0.4, -0.2) is 121 Å². The van der Waals surface area contributed by atoms with Crippen LogP contribution in [0, 0.1) is 12.3 Å². The number of amides is 1. The molecule has 3 saturated heterocycles. The van der Waals surface area contributed by atoms with Gasteiger partial charge < -0.3 is 24.2 Å². The van der Waals surface area contributed by atoms with Gasteiger partial charge in [0.05, 0.1) is 18.3 Å². The number of benzene rings is 2. The maximum Gasteiger partial charge on any atom is 0.422 e. The zero-order valence-electron chi connectivity index (χ0n) is 29.1. The lowest BCUT2D eigenvalue weighted by Crippen LogP contribution is -2.61. The van der Waals surface area contributed by atoms with E-state index in [4.69, 9.17) is 19.4 Å². The van der Waals surface area contributed by atoms with Crippen molar-refractivity contribution < 1.29 is 27.4 Å². The predicted molar refractivity (Wildman–Crippen MR) is 192 cm³/mol. The van der Waals surface area contributed by atoms with Crippen molar-refractivity contribution in [2.75, 3.05) is 89.0 Å². The van der Waals surface area contributed by atoms with Crippen molar-refractivity contribution in [3.8, 4) is 16.9 Å². The molecule has 0 saturated carbocycles. The van der Waals surface area contributed by atoms with Gasteiger partial charge in [0, 0.05) is 87.8 Å². The number of rotatable bonds is 10. The molecule has 7 rings (SSSR count). The highest BCUT2D eigenvalue weighted by Crippen LogP contribution is 2.48. The monoisotopic (exact) mass is 704 g/mol. The third-order valence-corrected chi connectivity index (χ3v) is 10.6. The maximum atomic E-state index is 14.0. The predicted octanol–water partition coefficient (Wildman–Crippen LogP) is 5.45. The van der Waals surface area contributed by atoms with Crippen molar-refractivity contribution in [1.82, 2.24) is 30.0 Å². The van der Waals surface area contributed by atoms with Crippen molar-refractivity contribution in [1.29, 1.82) is 0 Å². The molecule has 14 heteroatoms. The number of hydrogen-bond donors (Lipinski definition) is 1. The average Bonchev–Trinajstić information content (AvgIpc) is 3.60. The number of nitrogens with zero attached hydrogens (tertiary/aromatic N) is 7. The van der Waals surface area contributed by atoms with E-state index in [0.29, 0.717) is 85.2 Å². The second-order valence-corrected chi connectivity index (χ2v) is 13.8. The van der Waals surface area contributed by atoms with E-state index >= 15 is 0 Å². The summed E-state index contributed by atoms with van der Waals surface area (Å²) in [5.74, 6) is 1.07. The van der Waals surface area contributed by atoms with E-state index in [9.17, 15) is 18.0 Å². The molecule has 270 valence electrons. The molecule has 5 heterocycles. The number of likely N-dealkylation sites (tertiary alicyclic amines) is 1. The van der Waals surface area contributed by atoms with E-state index < -0.39 is 12.8 Å². The van der Waals surface area contributed by atoms with Crippen molar-refractivity contribution in [2.45, 2.75) is 25.9 Å². The summed E-state index contributed by atoms with van der Waals surface area (Å²) in [5.41, 5.74) is 3.71. The summed E-state index contributed by atoms with van der Waals surface area (Å²) in [7, 11) is 1.68. The summed E-state index contributed by atoms with van der Waals surface area (Å²) in [5, 5.41) is 8.56. The lowest BCUT2D eigenvalue weighted by molar-refractivity contribution is -0.153. The number of halogens is 3. The molecule has 1 spiro atoms. The number of aromatic amines is 1. The summed E-state index contributed by atoms with van der Waals surface area (Å²) in [6.45, 7) is 15.1. The molecule has 2 aromatic carbocycles. The minimum Gasteiger partial charge on any atom is -0.481 e. The normalized spacial score (nSPS) is 18.0. The Hall–Kier alpha value is -4.69. The van der Waals surface area contributed by atoms with Crippen LogP contribution in [0.5, 0.6) is 5.75 Å². The molecule has 11 nitrogen and oxygen atoms in total. The zero-order chi connectivity index (χ0) is 35.9. The molecule has 2 aromatic heterocycles. The second-order valence-electron chi connectivity index (χ2n) is 13.8. The molecular formula is C37H43F3N8O3. The van der Waals surface area contributed by atoms with Crippen LogP contribution in [0.25, 0.3) is 39.0 Å². The summed E-state index contributed by atoms with van der Waals surface area (Å²) in [4.78, 5) is 30.8. The topological polar surface area (TPSA) is 103 Å². The molecule has 3 fully saturated rings. The maximum absolute atomic E-state index is 14.0. The molecule has 0 unspecified atom stereocenters. The fraction of sp³-hybridized carbons (Fsp3) is 0.459. The number of carbonyl (C=O) groups is 1. The first-order chi connectivity index (χ1) is 24.5. The van der Waals surface area contributed by atoms with Gasteiger partial charge in [0.25, 0.3) is 0 Å². The highest BCUT2D eigenvalue weighted by Gasteiger charge is 2.46. The molecule has 3 aliphatic heterocycles. The fourth-order valence-corrected chi connectivity index (χ4v) is 7.73. The van der Waals surface area contributed by atoms with E-state index in [2.05, 4.69) is 38.1 Å². The number of alkyl halides is 3. The lowest BCUT2D eigenvalue weighted by atomic mass is 9.72. The Kier molecular flexibility index (Phi) is 9.40. The standard InChI is InChI=1S/C37H43F3N8O3/c1-5-25-19-26-32(33(51-23-37(38,39)40)31(25)30-24(3)7-8-28-27(30)20-41-44-28)42-35(47-15-13-45(14-16-47)17-18-50-4)43-34(26)46-11-9-36(10-12-46)21-48(22-36)29(49)6-2/h5-8,19-20H,1-2,9-18,21-23H2,3-4H3,(H,41,44). The number of piperidine rings is 1. The smallest absolute Gasteiger partial charge is 0.422 e. The summed E-state index contributed by atoms with van der Waals surface area (Å²) < 4.78 is 53.0. The number of H-pyrrole nitrogens is 1. The number of aryl methyl sites for hydroxylation is 1. The first kappa shape index (κ1) is 34.7. The zero-order valence-corrected chi connectivity index (χ0v) is 29.1. The Morgan fingerprint density at radius 2 is 1.76 bits per heavy atom. The van der Waals surface area contributed by atoms with Crippen LogP contribution in [0.2, 0.25) is 0 Å². The minimum atomic E-state index is -4.59. The van der Waals surface area contributed by atoms with Crippen LogP contribution in [0.4, 0.5) is 24.9 Å². The number of nitrogens with one attached hydrogen (secondary N) is 1. The van der Waals surface area contributed by atoms with E-state index in [1.807, 2.05) is 30.0 Å². The van der Waals surface area contributed by atoms with Crippen LogP contribution >= 0.6 is 0 Å². The van der Waals surface area contributed by atoms with Gasteiger partial charge in [-0.05, 0) is 54.7 Å². The molecule has 0 aliphatic carbocycles. The Morgan fingerprint density at radius 1 is 1.02 bits per heavy atom. The first-order valence-electron chi connectivity index (χ1n) is 17.3. The summed E-state index contributed by atoms with van der Waals surface area (Å²) in [6.07, 6.45) is 1.78. The Balaban J connectivity index is 1.37. The van der Waals surface area contributed by atoms with E-state index in [1.165, 1.54) is 6.08 Å². The quantitative estimate of drug-likeness (QED) is 0.216. The molecule has 1 N–H and O–H groups in total. The molecule has 1 amide bonds. The molecular weight excluding hydrogens is 661 g/mol. The summed E-state index contributed by atoms with van der Waals surface area (Å²) in [6, 6.07) is 5.74. The van der Waals surface area contributed by atoms with Gasteiger partial charge in [0.1, 0.15) is 11.3 Å². The SMILES string of the molecule is C=CC(=O)N1CC2(CCN(c3nc(N4CCN(CCOC)CC4)nc4c(OCC(F)(F)F)c(-c5c(C)ccc6[nH]ncc56)c(C=C)cc34)CC2)C1. The third-order valence-electron chi connectivity index (χ3n) is 10.6. The third kappa shape index (κ3) is 6.74. The highest BCUT2D eigenvalue weighted by atomic mass is 19.4. The van der Waals surface area contributed by atoms with Gasteiger partial charge in [-0.25, -0.2) is 4.98 Å². The second kappa shape index (κ2) is 13.8. The first-order valence-corrected chi connectivity index (χ1v) is 17.3. The number of carbonyl (C=O) groups excluding carboxylic acids is 1. The lowest BCUT2D eigenvalue weighted by Gasteiger charge is -2.54. The van der Waals surface area contributed by atoms with E-state index in [1.54, 1.807) is 19.4 Å². The molecule has 0 bridgehead atoms. The van der Waals surface area contributed by atoms with E-state index in [0.717, 1.165) is 48.9 Å². The number of methoxy groups -OCH3 is 1. The van der Waals surface area contributed by atoms with Crippen LogP contribution in [0.1, 0.15) is 24.0 Å². The number of fused-ring (bicyclic) bond motifs is 2. The van der Waals surface area contributed by atoms with Gasteiger partial charge in [-0.15, -0.1) is 0 Å². The van der Waals surface area contributed by atoms with Gasteiger partial charge in [-0.3, -0.25) is 14.8 Å². The van der Waals surface area contributed by atoms with Gasteiger partial charge in [0.2, 0.25) is 11.9 Å². The van der Waals surface area contributed by atoms with Gasteiger partial charge in [-0.2, -0.15) is 23.3 Å². The van der Waals surface area contributed by atoms with Crippen molar-refractivity contribution in [3.63, 3.8) is 0 Å². The van der Waals surface area contributed by atoms with E-state index in [-0.39, 0.29) is 17.1 Å². The van der Waals surface area contributed by atoms with Crippen molar-refractivity contribution in [3.05, 3.63) is 54.8 Å². The molecule has 3 aliphatic rings. The Morgan fingerprint density at radius 3 is 2.43 bits per heavy atom. The molecule has 0 atom stereocenters. The van der Waals surface area contributed by atoms with Gasteiger partial charge in [0.15, 0.2) is 12.4 Å². The Bertz CT molecular complexity index is 1950. The fourth-order valence-electron chi connectivity index (χ4n) is 7.73. The Labute approximate surface area is 294 Å². The minimum absolute atomic E-state index is 0.0284. The number of ether oxygens (including phenoxy) is 2.